The van der Waals surface area contributed by atoms with Gasteiger partial charge in [0.15, 0.2) is 0 Å². The topological polar surface area (TPSA) is 41.6 Å². The molecule has 1 saturated heterocycles. The largest absolute Gasteiger partial charge is 0.346 e. The molecule has 2 aromatic carbocycles. The summed E-state index contributed by atoms with van der Waals surface area (Å²) in [5.74, 6) is 0. The number of anilines is 1. The van der Waals surface area contributed by atoms with E-state index >= 15 is 0 Å². The van der Waals surface area contributed by atoms with Crippen LogP contribution in [0.25, 0.3) is 0 Å². The summed E-state index contributed by atoms with van der Waals surface area (Å²) in [5, 5.41) is 3.46. The molecule has 1 aliphatic rings. The quantitative estimate of drug-likeness (QED) is 0.868. The second-order valence-corrected chi connectivity index (χ2v) is 6.45. The van der Waals surface area contributed by atoms with E-state index in [0.717, 1.165) is 5.56 Å². The van der Waals surface area contributed by atoms with Crippen molar-refractivity contribution in [1.82, 2.24) is 4.90 Å². The highest BCUT2D eigenvalue weighted by molar-refractivity contribution is 6.30. The number of carbonyl (C=O) groups excluding carboxylic acids is 1. The van der Waals surface area contributed by atoms with Crippen LogP contribution in [-0.2, 0) is 4.74 Å². The maximum atomic E-state index is 12.6. The number of hydrogen-bond acceptors (Lipinski definition) is 2. The van der Waals surface area contributed by atoms with E-state index in [-0.39, 0.29) is 12.1 Å². The van der Waals surface area contributed by atoms with E-state index in [9.17, 15) is 4.79 Å². The minimum absolute atomic E-state index is 0.128. The van der Waals surface area contributed by atoms with E-state index in [2.05, 4.69) is 5.32 Å². The van der Waals surface area contributed by atoms with Crippen molar-refractivity contribution in [2.24, 2.45) is 0 Å². The zero-order chi connectivity index (χ0) is 16.4. The summed E-state index contributed by atoms with van der Waals surface area (Å²) in [5.41, 5.74) is 1.06. The van der Waals surface area contributed by atoms with Crippen LogP contribution < -0.4 is 5.32 Å². The molecule has 2 aromatic rings. The van der Waals surface area contributed by atoms with Gasteiger partial charge in [0.1, 0.15) is 11.8 Å². The van der Waals surface area contributed by atoms with Gasteiger partial charge in [0, 0.05) is 10.7 Å². The fourth-order valence-electron chi connectivity index (χ4n) is 2.76. The molecule has 5 heteroatoms. The molecule has 0 aromatic heterocycles. The van der Waals surface area contributed by atoms with Gasteiger partial charge < -0.3 is 10.1 Å². The maximum Gasteiger partial charge on any atom is 0.324 e. The summed E-state index contributed by atoms with van der Waals surface area (Å²) < 4.78 is 6.07. The first-order valence-electron chi connectivity index (χ1n) is 7.53. The van der Waals surface area contributed by atoms with Crippen molar-refractivity contribution < 1.29 is 9.53 Å². The number of rotatable bonds is 2. The highest BCUT2D eigenvalue weighted by Crippen LogP contribution is 2.35. The van der Waals surface area contributed by atoms with Gasteiger partial charge in [0.2, 0.25) is 0 Å². The molecule has 4 nitrogen and oxygen atoms in total. The summed E-state index contributed by atoms with van der Waals surface area (Å²) in [6.45, 7) is 4.30. The molecule has 0 bridgehead atoms. The SMILES string of the molecule is CC1(C)OC(c2ccccc2)CN1C(=O)Nc1cccc(Cl)c1. The number of ether oxygens (including phenoxy) is 1. The van der Waals surface area contributed by atoms with Crippen LogP contribution in [0.2, 0.25) is 5.02 Å². The van der Waals surface area contributed by atoms with Crippen molar-refractivity contribution >= 4 is 23.3 Å². The lowest BCUT2D eigenvalue weighted by Gasteiger charge is -2.29. The van der Waals surface area contributed by atoms with Crippen molar-refractivity contribution in [3.63, 3.8) is 0 Å². The average molecular weight is 331 g/mol. The van der Waals surface area contributed by atoms with Crippen LogP contribution in [0, 0.1) is 0 Å². The summed E-state index contributed by atoms with van der Waals surface area (Å²) in [4.78, 5) is 14.3. The molecule has 120 valence electrons. The molecule has 0 saturated carbocycles. The number of nitrogens with zero attached hydrogens (tertiary/aromatic N) is 1. The van der Waals surface area contributed by atoms with E-state index in [1.54, 1.807) is 23.1 Å². The fourth-order valence-corrected chi connectivity index (χ4v) is 2.95. The minimum Gasteiger partial charge on any atom is -0.346 e. The molecular formula is C18H19ClN2O2. The molecular weight excluding hydrogens is 312 g/mol. The summed E-state index contributed by atoms with van der Waals surface area (Å²) in [7, 11) is 0. The molecule has 1 aliphatic heterocycles. The number of urea groups is 1. The van der Waals surface area contributed by atoms with Gasteiger partial charge >= 0.3 is 6.03 Å². The summed E-state index contributed by atoms with van der Waals surface area (Å²) in [6, 6.07) is 16.8. The van der Waals surface area contributed by atoms with Crippen molar-refractivity contribution in [2.45, 2.75) is 25.7 Å². The van der Waals surface area contributed by atoms with Crippen molar-refractivity contribution in [1.29, 1.82) is 0 Å². The monoisotopic (exact) mass is 330 g/mol. The minimum atomic E-state index is -0.677. The average Bonchev–Trinajstić information content (AvgIpc) is 2.84. The highest BCUT2D eigenvalue weighted by Gasteiger charge is 2.42. The Morgan fingerprint density at radius 1 is 1.22 bits per heavy atom. The Morgan fingerprint density at radius 2 is 1.96 bits per heavy atom. The number of benzene rings is 2. The third-order valence-electron chi connectivity index (χ3n) is 3.92. The van der Waals surface area contributed by atoms with Crippen LogP contribution in [0.1, 0.15) is 25.5 Å². The van der Waals surface area contributed by atoms with Crippen LogP contribution in [0.5, 0.6) is 0 Å². The first kappa shape index (κ1) is 15.8. The van der Waals surface area contributed by atoms with E-state index in [1.165, 1.54) is 0 Å². The number of hydrogen-bond donors (Lipinski definition) is 1. The number of nitrogens with one attached hydrogen (secondary N) is 1. The number of carbonyl (C=O) groups is 1. The predicted molar refractivity (Wildman–Crippen MR) is 91.5 cm³/mol. The van der Waals surface area contributed by atoms with Gasteiger partial charge in [-0.2, -0.15) is 0 Å². The number of halogens is 1. The third kappa shape index (κ3) is 3.49. The number of amides is 2. The standard InChI is InChI=1S/C18H19ClN2O2/c1-18(2)21(12-16(23-18)13-7-4-3-5-8-13)17(22)20-15-10-6-9-14(19)11-15/h3-11,16H,12H2,1-2H3,(H,20,22). The molecule has 3 rings (SSSR count). The molecule has 1 N–H and O–H groups in total. The van der Waals surface area contributed by atoms with E-state index in [0.29, 0.717) is 17.3 Å². The third-order valence-corrected chi connectivity index (χ3v) is 4.16. The Bertz CT molecular complexity index is 703. The van der Waals surface area contributed by atoms with Gasteiger partial charge in [-0.1, -0.05) is 48.0 Å². The second-order valence-electron chi connectivity index (χ2n) is 6.02. The molecule has 0 spiro atoms. The Morgan fingerprint density at radius 3 is 2.65 bits per heavy atom. The molecule has 0 radical (unpaired) electrons. The van der Waals surface area contributed by atoms with Gasteiger partial charge in [0.05, 0.1) is 6.54 Å². The van der Waals surface area contributed by atoms with Crippen molar-refractivity contribution in [3.8, 4) is 0 Å². The molecule has 1 fully saturated rings. The molecule has 1 heterocycles. The van der Waals surface area contributed by atoms with Gasteiger partial charge in [-0.25, -0.2) is 4.79 Å². The summed E-state index contributed by atoms with van der Waals surface area (Å²) in [6.07, 6.45) is -0.128. The van der Waals surface area contributed by atoms with Gasteiger partial charge in [-0.3, -0.25) is 4.90 Å². The fraction of sp³-hybridized carbons (Fsp3) is 0.278. The highest BCUT2D eigenvalue weighted by atomic mass is 35.5. The first-order valence-corrected chi connectivity index (χ1v) is 7.90. The maximum absolute atomic E-state index is 12.6. The van der Waals surface area contributed by atoms with Crippen molar-refractivity contribution in [3.05, 3.63) is 65.2 Å². The molecule has 1 atom stereocenters. The van der Waals surface area contributed by atoms with Crippen LogP contribution in [0.4, 0.5) is 10.5 Å². The van der Waals surface area contributed by atoms with E-state index in [1.807, 2.05) is 50.2 Å². The zero-order valence-corrected chi connectivity index (χ0v) is 13.9. The lowest BCUT2D eigenvalue weighted by Crippen LogP contribution is -2.45. The first-order chi connectivity index (χ1) is 11.0. The Balaban J connectivity index is 1.75. The van der Waals surface area contributed by atoms with Crippen LogP contribution in [-0.4, -0.2) is 23.2 Å². The van der Waals surface area contributed by atoms with Gasteiger partial charge in [-0.15, -0.1) is 0 Å². The van der Waals surface area contributed by atoms with Crippen LogP contribution in [0.15, 0.2) is 54.6 Å². The smallest absolute Gasteiger partial charge is 0.324 e. The van der Waals surface area contributed by atoms with Crippen LogP contribution >= 0.6 is 11.6 Å². The van der Waals surface area contributed by atoms with Gasteiger partial charge in [0.25, 0.3) is 0 Å². The van der Waals surface area contributed by atoms with Crippen LogP contribution in [0.3, 0.4) is 0 Å². The van der Waals surface area contributed by atoms with Crippen molar-refractivity contribution in [2.75, 3.05) is 11.9 Å². The molecule has 0 aliphatic carbocycles. The van der Waals surface area contributed by atoms with Gasteiger partial charge in [-0.05, 0) is 37.6 Å². The molecule has 23 heavy (non-hydrogen) atoms. The Kier molecular flexibility index (Phi) is 4.28. The molecule has 1 unspecified atom stereocenters. The second kappa shape index (κ2) is 6.22. The molecule has 2 amide bonds. The Labute approximate surface area is 141 Å². The lowest BCUT2D eigenvalue weighted by atomic mass is 10.1. The van der Waals surface area contributed by atoms with E-state index < -0.39 is 5.72 Å². The Hall–Kier alpha value is -2.04. The summed E-state index contributed by atoms with van der Waals surface area (Å²) >= 11 is 5.96. The zero-order valence-electron chi connectivity index (χ0n) is 13.1. The van der Waals surface area contributed by atoms with E-state index in [4.69, 9.17) is 16.3 Å². The predicted octanol–water partition coefficient (Wildman–Crippen LogP) is 4.68. The normalized spacial score (nSPS) is 19.6. The lowest BCUT2D eigenvalue weighted by molar-refractivity contribution is -0.0599.